The molecule has 0 saturated heterocycles. The van der Waals surface area contributed by atoms with Crippen LogP contribution in [0.2, 0.25) is 0 Å². The van der Waals surface area contributed by atoms with Crippen LogP contribution in [0.4, 0.5) is 0 Å². The summed E-state index contributed by atoms with van der Waals surface area (Å²) in [5.74, 6) is 0.225. The lowest BCUT2D eigenvalue weighted by Crippen LogP contribution is -2.43. The summed E-state index contributed by atoms with van der Waals surface area (Å²) in [5.41, 5.74) is 5.00. The number of hydrogen-bond acceptors (Lipinski definition) is 2. The van der Waals surface area contributed by atoms with Crippen LogP contribution in [0.25, 0.3) is 0 Å². The van der Waals surface area contributed by atoms with Crippen molar-refractivity contribution in [3.63, 3.8) is 0 Å². The molecule has 1 atom stereocenters. The molecule has 1 unspecified atom stereocenters. The average Bonchev–Trinajstić information content (AvgIpc) is 2.13. The fourth-order valence-electron chi connectivity index (χ4n) is 1.30. The van der Waals surface area contributed by atoms with Crippen molar-refractivity contribution in [1.82, 2.24) is 0 Å². The van der Waals surface area contributed by atoms with Gasteiger partial charge in [-0.05, 0) is 12.1 Å². The number of benzene rings is 1. The minimum atomic E-state index is -0.611. The van der Waals surface area contributed by atoms with Gasteiger partial charge in [-0.15, -0.1) is 0 Å². The first-order valence-corrected chi connectivity index (χ1v) is 4.92. The van der Waals surface area contributed by atoms with Gasteiger partial charge in [-0.25, -0.2) is 0 Å². The highest BCUT2D eigenvalue weighted by Gasteiger charge is 2.31. The van der Waals surface area contributed by atoms with E-state index < -0.39 is 12.0 Å². The van der Waals surface area contributed by atoms with Crippen molar-refractivity contribution in [3.8, 4) is 5.75 Å². The first-order chi connectivity index (χ1) is 6.91. The van der Waals surface area contributed by atoms with Gasteiger partial charge in [0.05, 0.1) is 0 Å². The molecular formula is C12H17NO2. The van der Waals surface area contributed by atoms with Crippen LogP contribution < -0.4 is 10.5 Å². The van der Waals surface area contributed by atoms with Gasteiger partial charge in [0, 0.05) is 5.41 Å². The number of primary amides is 1. The summed E-state index contributed by atoms with van der Waals surface area (Å²) in [5, 5.41) is 0. The monoisotopic (exact) mass is 207 g/mol. The van der Waals surface area contributed by atoms with Gasteiger partial charge < -0.3 is 10.5 Å². The summed E-state index contributed by atoms with van der Waals surface area (Å²) >= 11 is 0. The third kappa shape index (κ3) is 3.27. The molecule has 0 saturated carbocycles. The molecule has 0 heterocycles. The van der Waals surface area contributed by atoms with Crippen LogP contribution in [0.5, 0.6) is 5.75 Å². The van der Waals surface area contributed by atoms with Crippen LogP contribution in [0.3, 0.4) is 0 Å². The number of ether oxygens (including phenoxy) is 1. The Kier molecular flexibility index (Phi) is 3.35. The van der Waals surface area contributed by atoms with Crippen molar-refractivity contribution in [1.29, 1.82) is 0 Å². The van der Waals surface area contributed by atoms with Crippen molar-refractivity contribution in [3.05, 3.63) is 30.3 Å². The second-order valence-electron chi connectivity index (χ2n) is 4.58. The molecule has 3 nitrogen and oxygen atoms in total. The molecule has 0 aliphatic rings. The number of carbonyl (C=O) groups excluding carboxylic acids is 1. The molecule has 2 N–H and O–H groups in total. The highest BCUT2D eigenvalue weighted by molar-refractivity contribution is 5.80. The Balaban J connectivity index is 2.82. The minimum Gasteiger partial charge on any atom is -0.480 e. The molecule has 1 rings (SSSR count). The molecule has 0 spiro atoms. The molecule has 0 aromatic heterocycles. The molecule has 0 aliphatic heterocycles. The number of carbonyl (C=O) groups is 1. The molecule has 3 heteroatoms. The van der Waals surface area contributed by atoms with E-state index in [-0.39, 0.29) is 5.41 Å². The van der Waals surface area contributed by atoms with E-state index in [9.17, 15) is 4.79 Å². The van der Waals surface area contributed by atoms with Gasteiger partial charge >= 0.3 is 0 Å². The number of nitrogens with two attached hydrogens (primary N) is 1. The zero-order valence-corrected chi connectivity index (χ0v) is 9.36. The molecule has 1 amide bonds. The topological polar surface area (TPSA) is 52.3 Å². The second kappa shape index (κ2) is 4.34. The van der Waals surface area contributed by atoms with Crippen molar-refractivity contribution in [2.24, 2.45) is 11.1 Å². The number of amides is 1. The highest BCUT2D eigenvalue weighted by Crippen LogP contribution is 2.24. The number of para-hydroxylation sites is 1. The number of rotatable bonds is 3. The lowest BCUT2D eigenvalue weighted by atomic mass is 9.88. The molecular weight excluding hydrogens is 190 g/mol. The maximum absolute atomic E-state index is 11.2. The minimum absolute atomic E-state index is 0.304. The smallest absolute Gasteiger partial charge is 0.259 e. The average molecular weight is 207 g/mol. The van der Waals surface area contributed by atoms with E-state index in [1.165, 1.54) is 0 Å². The van der Waals surface area contributed by atoms with Crippen LogP contribution in [-0.2, 0) is 4.79 Å². The summed E-state index contributed by atoms with van der Waals surface area (Å²) < 4.78 is 5.57. The van der Waals surface area contributed by atoms with Gasteiger partial charge in [-0.2, -0.15) is 0 Å². The molecule has 0 bridgehead atoms. The predicted molar refractivity (Wildman–Crippen MR) is 59.5 cm³/mol. The van der Waals surface area contributed by atoms with E-state index in [2.05, 4.69) is 0 Å². The van der Waals surface area contributed by atoms with Crippen molar-refractivity contribution >= 4 is 5.91 Å². The van der Waals surface area contributed by atoms with E-state index >= 15 is 0 Å². The van der Waals surface area contributed by atoms with E-state index in [1.54, 1.807) is 0 Å². The fourth-order valence-corrected chi connectivity index (χ4v) is 1.30. The van der Waals surface area contributed by atoms with Gasteiger partial charge in [0.25, 0.3) is 5.91 Å². The number of hydrogen-bond donors (Lipinski definition) is 1. The maximum Gasteiger partial charge on any atom is 0.259 e. The molecule has 82 valence electrons. The van der Waals surface area contributed by atoms with Crippen LogP contribution in [-0.4, -0.2) is 12.0 Å². The van der Waals surface area contributed by atoms with E-state index in [4.69, 9.17) is 10.5 Å². The zero-order chi connectivity index (χ0) is 11.5. The SMILES string of the molecule is CC(C)(C)C(Oc1ccccc1)C(N)=O. The first-order valence-electron chi connectivity index (χ1n) is 4.92. The molecule has 1 aromatic rings. The van der Waals surface area contributed by atoms with Gasteiger partial charge in [0.2, 0.25) is 0 Å². The van der Waals surface area contributed by atoms with E-state index in [0.29, 0.717) is 5.75 Å². The zero-order valence-electron chi connectivity index (χ0n) is 9.36. The highest BCUT2D eigenvalue weighted by atomic mass is 16.5. The van der Waals surface area contributed by atoms with Crippen LogP contribution in [0, 0.1) is 5.41 Å². The predicted octanol–water partition coefficient (Wildman–Crippen LogP) is 1.97. The molecule has 15 heavy (non-hydrogen) atoms. The van der Waals surface area contributed by atoms with Gasteiger partial charge in [-0.1, -0.05) is 39.0 Å². The van der Waals surface area contributed by atoms with E-state index in [1.807, 2.05) is 51.1 Å². The van der Waals surface area contributed by atoms with Crippen LogP contribution >= 0.6 is 0 Å². The van der Waals surface area contributed by atoms with Gasteiger partial charge in [0.1, 0.15) is 5.75 Å². The summed E-state index contributed by atoms with van der Waals surface area (Å²) in [4.78, 5) is 11.2. The van der Waals surface area contributed by atoms with Gasteiger partial charge in [-0.3, -0.25) is 4.79 Å². The van der Waals surface area contributed by atoms with Gasteiger partial charge in [0.15, 0.2) is 6.10 Å². The Morgan fingerprint density at radius 3 is 2.20 bits per heavy atom. The van der Waals surface area contributed by atoms with Crippen molar-refractivity contribution in [2.45, 2.75) is 26.9 Å². The first kappa shape index (κ1) is 11.6. The lowest BCUT2D eigenvalue weighted by Gasteiger charge is -2.28. The molecule has 1 aromatic carbocycles. The standard InChI is InChI=1S/C12H17NO2/c1-12(2,3)10(11(13)14)15-9-7-5-4-6-8-9/h4-8,10H,1-3H3,(H2,13,14). The van der Waals surface area contributed by atoms with Crippen LogP contribution in [0.1, 0.15) is 20.8 Å². The Hall–Kier alpha value is -1.51. The normalized spacial score (nSPS) is 13.3. The third-order valence-electron chi connectivity index (χ3n) is 2.04. The largest absolute Gasteiger partial charge is 0.480 e. The Morgan fingerprint density at radius 2 is 1.80 bits per heavy atom. The van der Waals surface area contributed by atoms with Crippen molar-refractivity contribution in [2.75, 3.05) is 0 Å². The van der Waals surface area contributed by atoms with Crippen molar-refractivity contribution < 1.29 is 9.53 Å². The molecule has 0 aliphatic carbocycles. The maximum atomic E-state index is 11.2. The summed E-state index contributed by atoms with van der Waals surface area (Å²) in [6.07, 6.45) is -0.611. The fraction of sp³-hybridized carbons (Fsp3) is 0.417. The quantitative estimate of drug-likeness (QED) is 0.823. The lowest BCUT2D eigenvalue weighted by molar-refractivity contribution is -0.129. The summed E-state index contributed by atoms with van der Waals surface area (Å²) in [6, 6.07) is 9.22. The molecule has 0 radical (unpaired) electrons. The second-order valence-corrected chi connectivity index (χ2v) is 4.58. The van der Waals surface area contributed by atoms with E-state index in [0.717, 1.165) is 0 Å². The summed E-state index contributed by atoms with van der Waals surface area (Å²) in [7, 11) is 0. The Labute approximate surface area is 90.2 Å². The molecule has 0 fully saturated rings. The van der Waals surface area contributed by atoms with Crippen LogP contribution in [0.15, 0.2) is 30.3 Å². The Bertz CT molecular complexity index is 327. The third-order valence-corrected chi connectivity index (χ3v) is 2.04. The summed E-state index contributed by atoms with van der Waals surface area (Å²) in [6.45, 7) is 5.77. The Morgan fingerprint density at radius 1 is 1.27 bits per heavy atom.